The molecule has 2 fully saturated rings. The molecule has 0 radical (unpaired) electrons. The number of Topliss-reactive ketones (excluding diaryl/α,β-unsaturated/α-hetero) is 1. The van der Waals surface area contributed by atoms with Gasteiger partial charge in [-0.2, -0.15) is 0 Å². The Morgan fingerprint density at radius 3 is 2.16 bits per heavy atom. The van der Waals surface area contributed by atoms with E-state index in [1.165, 1.54) is 57.5 Å². The van der Waals surface area contributed by atoms with Crippen LogP contribution in [0.25, 0.3) is 0 Å². The summed E-state index contributed by atoms with van der Waals surface area (Å²) in [7, 11) is 2.55. The van der Waals surface area contributed by atoms with E-state index in [0.29, 0.717) is 5.56 Å². The van der Waals surface area contributed by atoms with Gasteiger partial charge in [-0.1, -0.05) is 0 Å². The lowest BCUT2D eigenvalue weighted by atomic mass is 9.98. The number of esters is 1. The molecule has 0 unspecified atom stereocenters. The number of phenols is 1. The number of phenolic OH excluding ortho intramolecular Hbond substituents is 1. The molecule has 8 atom stereocenters. The van der Waals surface area contributed by atoms with Gasteiger partial charge in [-0.05, 0) is 43.3 Å². The van der Waals surface area contributed by atoms with E-state index in [4.69, 9.17) is 33.2 Å². The molecule has 15 nitrogen and oxygen atoms in total. The normalized spacial score (nSPS) is 30.5. The number of rotatable bonds is 11. The van der Waals surface area contributed by atoms with Crippen LogP contribution < -0.4 is 14.2 Å². The van der Waals surface area contributed by atoms with Gasteiger partial charge in [-0.3, -0.25) is 4.79 Å². The minimum atomic E-state index is -2.16. The molecule has 2 aliphatic heterocycles. The van der Waals surface area contributed by atoms with Crippen LogP contribution in [-0.4, -0.2) is 125 Å². The predicted molar refractivity (Wildman–Crippen MR) is 142 cm³/mol. The van der Waals surface area contributed by atoms with E-state index in [1.54, 1.807) is 0 Å². The van der Waals surface area contributed by atoms with Gasteiger partial charge in [0, 0.05) is 5.56 Å². The molecule has 4 rings (SSSR count). The van der Waals surface area contributed by atoms with E-state index in [1.807, 2.05) is 0 Å². The molecule has 2 aromatic carbocycles. The van der Waals surface area contributed by atoms with Gasteiger partial charge in [0.1, 0.15) is 36.8 Å². The summed E-state index contributed by atoms with van der Waals surface area (Å²) >= 11 is 0. The number of hydrogen-bond acceptors (Lipinski definition) is 15. The van der Waals surface area contributed by atoms with Crippen molar-refractivity contribution in [1.29, 1.82) is 0 Å². The molecule has 2 saturated heterocycles. The smallest absolute Gasteiger partial charge is 0.338 e. The second kappa shape index (κ2) is 13.4. The summed E-state index contributed by atoms with van der Waals surface area (Å²) in [6, 6.07) is 8.33. The van der Waals surface area contributed by atoms with Crippen molar-refractivity contribution in [3.63, 3.8) is 0 Å². The highest BCUT2D eigenvalue weighted by Gasteiger charge is 2.54. The van der Waals surface area contributed by atoms with Gasteiger partial charge >= 0.3 is 5.97 Å². The zero-order chi connectivity index (χ0) is 31.5. The van der Waals surface area contributed by atoms with Crippen molar-refractivity contribution in [3.8, 4) is 23.0 Å². The molecule has 0 saturated carbocycles. The van der Waals surface area contributed by atoms with Crippen LogP contribution in [0.3, 0.4) is 0 Å². The maximum atomic E-state index is 12.7. The second-order valence-corrected chi connectivity index (χ2v) is 10.0. The van der Waals surface area contributed by atoms with Gasteiger partial charge in [0.05, 0.1) is 33.0 Å². The standard InChI is InChI=1S/C28H34O15/c1-13(30)14-4-6-16(7-5-14)41-26-23(22(33)21(32)19(10-29)42-26)43-27-24(34)28(36,12-40-27)11-39-25(35)15-8-17(37-2)20(31)18(9-15)38-3/h4-9,19,21-24,26-27,29,31-34,36H,10-12H2,1-3H3/t19-,21-,22+,23-,24+,26-,27+,28-/m1/s1. The summed E-state index contributed by atoms with van der Waals surface area (Å²) in [6.45, 7) is -0.581. The van der Waals surface area contributed by atoms with Crippen LogP contribution in [0.2, 0.25) is 0 Å². The van der Waals surface area contributed by atoms with Gasteiger partial charge in [0.25, 0.3) is 0 Å². The van der Waals surface area contributed by atoms with Crippen LogP contribution in [0, 0.1) is 0 Å². The number of aromatic hydroxyl groups is 1. The molecular weight excluding hydrogens is 576 g/mol. The highest BCUT2D eigenvalue weighted by Crippen LogP contribution is 2.38. The van der Waals surface area contributed by atoms with Crippen LogP contribution >= 0.6 is 0 Å². The van der Waals surface area contributed by atoms with Crippen LogP contribution in [0.4, 0.5) is 0 Å². The number of aliphatic hydroxyl groups excluding tert-OH is 4. The quantitative estimate of drug-likeness (QED) is 0.134. The largest absolute Gasteiger partial charge is 0.502 e. The Morgan fingerprint density at radius 2 is 1.60 bits per heavy atom. The topological polar surface area (TPSA) is 220 Å². The number of carbonyl (C=O) groups excluding carboxylic acids is 2. The molecule has 0 bridgehead atoms. The van der Waals surface area contributed by atoms with Crippen LogP contribution in [-0.2, 0) is 18.9 Å². The zero-order valence-electron chi connectivity index (χ0n) is 23.5. The fourth-order valence-corrected chi connectivity index (χ4v) is 4.54. The lowest BCUT2D eigenvalue weighted by molar-refractivity contribution is -0.318. The molecule has 6 N–H and O–H groups in total. The van der Waals surface area contributed by atoms with Gasteiger partial charge < -0.3 is 63.8 Å². The molecule has 15 heteroatoms. The van der Waals surface area contributed by atoms with Gasteiger partial charge in [0.15, 0.2) is 35.3 Å². The summed E-state index contributed by atoms with van der Waals surface area (Å²) in [5.74, 6) is -1.38. The maximum absolute atomic E-state index is 12.7. The average Bonchev–Trinajstić information content (AvgIpc) is 3.28. The Labute approximate surface area is 245 Å². The van der Waals surface area contributed by atoms with Crippen molar-refractivity contribution in [1.82, 2.24) is 0 Å². The first kappa shape index (κ1) is 32.4. The van der Waals surface area contributed by atoms with E-state index in [0.717, 1.165) is 0 Å². The zero-order valence-corrected chi connectivity index (χ0v) is 23.5. The van der Waals surface area contributed by atoms with Gasteiger partial charge in [-0.15, -0.1) is 0 Å². The van der Waals surface area contributed by atoms with Crippen LogP contribution in [0.1, 0.15) is 27.6 Å². The number of aliphatic hydroxyl groups is 5. The molecule has 0 spiro atoms. The van der Waals surface area contributed by atoms with Crippen molar-refractivity contribution < 1.29 is 73.4 Å². The summed E-state index contributed by atoms with van der Waals surface area (Å²) in [5, 5.41) is 62.8. The minimum Gasteiger partial charge on any atom is -0.502 e. The Balaban J connectivity index is 1.45. The summed E-state index contributed by atoms with van der Waals surface area (Å²) in [4.78, 5) is 24.3. The maximum Gasteiger partial charge on any atom is 0.338 e. The Hall–Kier alpha value is -3.54. The van der Waals surface area contributed by atoms with Crippen molar-refractivity contribution in [2.24, 2.45) is 0 Å². The lowest BCUT2D eigenvalue weighted by Crippen LogP contribution is -2.62. The number of hydrogen-bond donors (Lipinski definition) is 6. The molecule has 0 amide bonds. The Bertz CT molecular complexity index is 1260. The lowest BCUT2D eigenvalue weighted by Gasteiger charge is -2.42. The second-order valence-electron chi connectivity index (χ2n) is 10.0. The molecule has 2 aromatic rings. The monoisotopic (exact) mass is 610 g/mol. The van der Waals surface area contributed by atoms with E-state index in [2.05, 4.69) is 0 Å². The number of carbonyl (C=O) groups is 2. The van der Waals surface area contributed by atoms with Crippen LogP contribution in [0.15, 0.2) is 36.4 Å². The Morgan fingerprint density at radius 1 is 0.977 bits per heavy atom. The fourth-order valence-electron chi connectivity index (χ4n) is 4.54. The molecule has 2 heterocycles. The number of ether oxygens (including phenoxy) is 7. The minimum absolute atomic E-state index is 0.0619. The first-order valence-electron chi connectivity index (χ1n) is 13.1. The van der Waals surface area contributed by atoms with Crippen molar-refractivity contribution in [2.45, 2.75) is 55.6 Å². The number of benzene rings is 2. The van der Waals surface area contributed by atoms with Crippen molar-refractivity contribution in [3.05, 3.63) is 47.5 Å². The highest BCUT2D eigenvalue weighted by atomic mass is 16.8. The predicted octanol–water partition coefficient (Wildman–Crippen LogP) is -0.880. The molecular formula is C28H34O15. The third-order valence-corrected chi connectivity index (χ3v) is 7.10. The van der Waals surface area contributed by atoms with Crippen molar-refractivity contribution >= 4 is 11.8 Å². The fraction of sp³-hybridized carbons (Fsp3) is 0.500. The first-order chi connectivity index (χ1) is 20.4. The average molecular weight is 611 g/mol. The SMILES string of the molecule is COc1cc(C(=O)OC[C@@]2(O)CO[C@@H](O[C@H]3[C@H](Oc4ccc(C(C)=O)cc4)O[C@H](CO)[C@@H](O)[C@@H]3O)[C@@H]2O)cc(OC)c1O. The summed E-state index contributed by atoms with van der Waals surface area (Å²) < 4.78 is 37.7. The number of ketones is 1. The van der Waals surface area contributed by atoms with Crippen LogP contribution in [0.5, 0.6) is 23.0 Å². The van der Waals surface area contributed by atoms with E-state index < -0.39 is 74.5 Å². The summed E-state index contributed by atoms with van der Waals surface area (Å²) in [6.07, 6.45) is -10.9. The van der Waals surface area contributed by atoms with Gasteiger partial charge in [-0.25, -0.2) is 4.79 Å². The van der Waals surface area contributed by atoms with E-state index in [-0.39, 0.29) is 34.3 Å². The van der Waals surface area contributed by atoms with E-state index >= 15 is 0 Å². The third-order valence-electron chi connectivity index (χ3n) is 7.10. The molecule has 236 valence electrons. The molecule has 0 aromatic heterocycles. The van der Waals surface area contributed by atoms with E-state index in [9.17, 15) is 40.2 Å². The molecule has 0 aliphatic carbocycles. The Kier molecular flexibility index (Phi) is 10.1. The number of methoxy groups -OCH3 is 2. The molecule has 43 heavy (non-hydrogen) atoms. The first-order valence-corrected chi connectivity index (χ1v) is 13.1. The summed E-state index contributed by atoms with van der Waals surface area (Å²) in [5.41, 5.74) is -1.82. The third kappa shape index (κ3) is 6.84. The van der Waals surface area contributed by atoms with Gasteiger partial charge in [0.2, 0.25) is 12.0 Å². The highest BCUT2D eigenvalue weighted by molar-refractivity contribution is 5.94. The molecule has 2 aliphatic rings. The van der Waals surface area contributed by atoms with Crippen molar-refractivity contribution in [2.75, 3.05) is 34.0 Å².